The van der Waals surface area contributed by atoms with E-state index >= 15 is 0 Å². The first-order valence-electron chi connectivity index (χ1n) is 24.9. The maximum absolute atomic E-state index is 14.5. The molecule has 5 aliphatic rings. The van der Waals surface area contributed by atoms with Crippen LogP contribution in [0.2, 0.25) is 0 Å². The average molecular weight is 1140 g/mol. The summed E-state index contributed by atoms with van der Waals surface area (Å²) in [5.41, 5.74) is 4.48. The molecule has 0 spiro atoms. The molecule has 5 aliphatic carbocycles. The maximum Gasteiger partial charge on any atom is 0.419 e. The normalized spacial score (nSPS) is 19.5. The van der Waals surface area contributed by atoms with E-state index in [1.165, 1.54) is 27.4 Å². The number of ketones is 2. The lowest BCUT2D eigenvalue weighted by Gasteiger charge is -2.21. The van der Waals surface area contributed by atoms with E-state index in [0.717, 1.165) is 34.8 Å². The molecule has 0 aliphatic heterocycles. The van der Waals surface area contributed by atoms with E-state index in [1.54, 1.807) is 72.8 Å². The smallest absolute Gasteiger partial charge is 0.419 e. The molecule has 12 rings (SSSR count). The van der Waals surface area contributed by atoms with Gasteiger partial charge in [0.2, 0.25) is 11.6 Å². The summed E-state index contributed by atoms with van der Waals surface area (Å²) in [5, 5.41) is 32.1. The van der Waals surface area contributed by atoms with E-state index in [2.05, 4.69) is 9.98 Å². The minimum absolute atomic E-state index is 0.0744. The van der Waals surface area contributed by atoms with Crippen molar-refractivity contribution < 1.29 is 55.0 Å². The predicted molar refractivity (Wildman–Crippen MR) is 292 cm³/mol. The number of nitrogens with zero attached hydrogens (tertiary/aromatic N) is 7. The van der Waals surface area contributed by atoms with Crippen LogP contribution < -0.4 is 26.9 Å². The number of halogens is 6. The lowest BCUT2D eigenvalue weighted by molar-refractivity contribution is -0.141. The van der Waals surface area contributed by atoms with Crippen molar-refractivity contribution in [2.45, 2.75) is 38.4 Å². The fourth-order valence-electron chi connectivity index (χ4n) is 10.9. The minimum Gasteiger partial charge on any atom is -0.444 e. The van der Waals surface area contributed by atoms with Crippen molar-refractivity contribution in [3.63, 3.8) is 0 Å². The van der Waals surface area contributed by atoms with Gasteiger partial charge in [-0.05, 0) is 64.9 Å². The summed E-state index contributed by atoms with van der Waals surface area (Å²) in [6.07, 6.45) is -1.94. The highest BCUT2D eigenvalue weighted by molar-refractivity contribution is 7.23. The van der Waals surface area contributed by atoms with Gasteiger partial charge in [-0.3, -0.25) is 9.59 Å². The predicted octanol–water partition coefficient (Wildman–Crippen LogP) is 10.2. The van der Waals surface area contributed by atoms with Crippen molar-refractivity contribution >= 4 is 118 Å². The highest BCUT2D eigenvalue weighted by Gasteiger charge is 2.42. The van der Waals surface area contributed by atoms with Crippen LogP contribution >= 0.6 is 22.7 Å². The molecule has 2 N–H and O–H groups in total. The Morgan fingerprint density at radius 3 is 1.66 bits per heavy atom. The van der Waals surface area contributed by atoms with Gasteiger partial charge in [-0.25, -0.2) is 28.7 Å². The number of rotatable bonds is 7. The third kappa shape index (κ3) is 9.15. The van der Waals surface area contributed by atoms with E-state index in [0.29, 0.717) is 53.2 Å². The van der Waals surface area contributed by atoms with Gasteiger partial charge in [0.05, 0.1) is 43.1 Å². The fourth-order valence-corrected chi connectivity index (χ4v) is 13.0. The molecule has 3 aromatic carbocycles. The Bertz CT molecular complexity index is 4630. The number of allylic oxidation sites excluding steroid dienone is 8. The Hall–Kier alpha value is -9.95. The topological polar surface area (TPSA) is 219 Å². The number of ether oxygens (including phenoxy) is 2. The quantitative estimate of drug-likeness (QED) is 0.118. The Labute approximate surface area is 466 Å². The number of thiophene rings is 2. The van der Waals surface area contributed by atoms with Crippen molar-refractivity contribution in [2.24, 2.45) is 33.5 Å². The number of aromatic nitrogens is 2. The van der Waals surface area contributed by atoms with Crippen LogP contribution in [0.15, 0.2) is 141 Å². The van der Waals surface area contributed by atoms with E-state index in [1.807, 2.05) is 36.4 Å². The van der Waals surface area contributed by atoms with Gasteiger partial charge in [-0.15, -0.1) is 22.7 Å². The van der Waals surface area contributed by atoms with Gasteiger partial charge >= 0.3 is 24.5 Å². The first kappa shape index (κ1) is 52.7. The maximum atomic E-state index is 14.5. The number of benzene rings is 3. The van der Waals surface area contributed by atoms with Gasteiger partial charge in [0.25, 0.3) is 0 Å². The number of nitrogens with two attached hydrogens (primary N) is 1. The van der Waals surface area contributed by atoms with E-state index in [4.69, 9.17) is 15.2 Å². The Morgan fingerprint density at radius 1 is 0.646 bits per heavy atom. The Morgan fingerprint density at radius 2 is 1.17 bits per heavy atom. The number of fused-ring (bicyclic) bond motifs is 9. The van der Waals surface area contributed by atoms with Crippen LogP contribution in [-0.4, -0.2) is 50.5 Å². The van der Waals surface area contributed by atoms with Crippen molar-refractivity contribution in [3.8, 4) is 18.2 Å². The molecule has 4 heterocycles. The van der Waals surface area contributed by atoms with Crippen molar-refractivity contribution in [3.05, 3.63) is 180 Å². The summed E-state index contributed by atoms with van der Waals surface area (Å²) in [6, 6.07) is 28.5. The number of nitriles is 3. The van der Waals surface area contributed by atoms with Crippen LogP contribution in [0.3, 0.4) is 0 Å². The summed E-state index contributed by atoms with van der Waals surface area (Å²) in [7, 11) is 0. The molecule has 3 atom stereocenters. The average Bonchev–Trinajstić information content (AvgIpc) is 2.52. The summed E-state index contributed by atoms with van der Waals surface area (Å²) >= 11 is 2.13. The molecule has 0 radical (unpaired) electrons. The third-order valence-corrected chi connectivity index (χ3v) is 16.5. The Kier molecular flexibility index (Phi) is 12.9. The third-order valence-electron chi connectivity index (χ3n) is 14.4. The van der Waals surface area contributed by atoms with Crippen LogP contribution in [0.25, 0.3) is 50.3 Å². The molecule has 14 nitrogen and oxygen atoms in total. The molecule has 404 valence electrons. The van der Waals surface area contributed by atoms with Crippen LogP contribution in [-0.2, 0) is 33.7 Å². The standard InChI is InChI=1S/C60H34F6N8O6S2/c61-59(62,63)23-31-11-13-36-38(15-31)50(42(70)26-69)52(54(36)76)72-48-22-46-56(82-48)41-17-33-18-43-40(16-32(33)19-44(41)74(46)58(78)80-28-30-9-5-2-6-10-30)55-45(73(43)57(77)79-27-29-7-3-1-4-8-29)21-47(81-55)71-51-49(34(24-67)25-68)39-20-35(60(64,65)66)12-14-37(39)53(51)75/h1-10,12-22,31-33H,11,23,27-28,70H2/b50-42-,71-51?,72-52?. The summed E-state index contributed by atoms with van der Waals surface area (Å²) in [5.74, 6) is -3.50. The number of aliphatic imine (C=N–C) groups is 2. The van der Waals surface area contributed by atoms with Gasteiger partial charge in [0, 0.05) is 44.6 Å². The van der Waals surface area contributed by atoms with E-state index in [-0.39, 0.29) is 74.3 Å². The van der Waals surface area contributed by atoms with Gasteiger partial charge in [0.15, 0.2) is 0 Å². The lowest BCUT2D eigenvalue weighted by Crippen LogP contribution is -2.42. The minimum atomic E-state index is -4.82. The van der Waals surface area contributed by atoms with Gasteiger partial charge in [-0.2, -0.15) is 42.1 Å². The number of Topliss-reactive ketones (excluding diaryl/α,β-unsaturated/α-hetero) is 2. The first-order chi connectivity index (χ1) is 39.3. The molecular formula is C60H34F6N8O6S2. The molecule has 22 heteroatoms. The lowest BCUT2D eigenvalue weighted by atomic mass is 9.84. The van der Waals surface area contributed by atoms with Crippen LogP contribution in [0.1, 0.15) is 45.5 Å². The zero-order valence-electron chi connectivity index (χ0n) is 41.9. The monoisotopic (exact) mass is 1140 g/mol. The molecular weight excluding hydrogens is 1110 g/mol. The van der Waals surface area contributed by atoms with E-state index < -0.39 is 82.8 Å². The van der Waals surface area contributed by atoms with Gasteiger partial charge in [-0.1, -0.05) is 97.1 Å². The molecule has 82 heavy (non-hydrogen) atoms. The number of alkyl halides is 6. The summed E-state index contributed by atoms with van der Waals surface area (Å²) in [6.45, 7) is -0.244. The zero-order chi connectivity index (χ0) is 57.5. The summed E-state index contributed by atoms with van der Waals surface area (Å²) < 4.78 is 97.9. The number of hydrogen-bond donors (Lipinski definition) is 1. The molecule has 0 amide bonds. The van der Waals surface area contributed by atoms with Crippen LogP contribution in [0.4, 0.5) is 45.9 Å². The van der Waals surface area contributed by atoms with Crippen molar-refractivity contribution in [1.82, 2.24) is 9.13 Å². The molecule has 1 saturated carbocycles. The van der Waals surface area contributed by atoms with Gasteiger partial charge < -0.3 is 15.2 Å². The second kappa shape index (κ2) is 20.0. The van der Waals surface area contributed by atoms with Crippen molar-refractivity contribution in [2.75, 3.05) is 0 Å². The zero-order valence-corrected chi connectivity index (χ0v) is 43.6. The highest BCUT2D eigenvalue weighted by Crippen LogP contribution is 2.44. The molecule has 4 aromatic heterocycles. The van der Waals surface area contributed by atoms with E-state index in [9.17, 15) is 61.3 Å². The fraction of sp³-hybridized carbons (Fsp3) is 0.150. The second-order valence-corrected chi connectivity index (χ2v) is 21.6. The molecule has 3 unspecified atom stereocenters. The second-order valence-electron chi connectivity index (χ2n) is 19.5. The number of carbonyl (C=O) groups is 4. The Balaban J connectivity index is 1.01. The molecule has 0 bridgehead atoms. The molecule has 1 fully saturated rings. The SMILES string of the molecule is N#CC(C#N)=C1C(=Nc2cc3c(s2)c2c(n3C(=O)OCc3ccccc3)=CC3C=c4c(n(C(=O)OCc5ccccc5)c5cc(N=C6C(=O)C7=CCC(CC(F)(F)F)C=C7/C6=C(/N)C#N)sc45)=CC3C=2)C(=O)c2ccc(C(F)(F)F)cc21. The number of hydrogen-bond acceptors (Lipinski definition) is 14. The van der Waals surface area contributed by atoms with Crippen LogP contribution in [0.5, 0.6) is 0 Å². The first-order valence-corrected chi connectivity index (χ1v) is 26.6. The largest absolute Gasteiger partial charge is 0.444 e. The highest BCUT2D eigenvalue weighted by atomic mass is 32.1. The van der Waals surface area contributed by atoms with Crippen molar-refractivity contribution in [1.29, 1.82) is 15.8 Å². The van der Waals surface area contributed by atoms with Gasteiger partial charge in [0.1, 0.15) is 64.1 Å². The molecule has 7 aromatic rings. The number of carbonyl (C=O) groups excluding carboxylic acids is 4. The van der Waals surface area contributed by atoms with Crippen LogP contribution in [0, 0.1) is 51.7 Å². The summed E-state index contributed by atoms with van der Waals surface area (Å²) in [4.78, 5) is 66.3. The molecule has 0 saturated heterocycles.